The molecule has 0 amide bonds. The first kappa shape index (κ1) is 17.2. The minimum Gasteiger partial charge on any atom is -0.478 e. The van der Waals surface area contributed by atoms with Gasteiger partial charge in [-0.15, -0.1) is 11.8 Å². The van der Waals surface area contributed by atoms with Gasteiger partial charge in [-0.05, 0) is 24.1 Å². The fourth-order valence-corrected chi connectivity index (χ4v) is 5.23. The maximum atomic E-state index is 11.6. The molecule has 0 radical (unpaired) electrons. The van der Waals surface area contributed by atoms with Crippen LogP contribution in [0.15, 0.2) is 40.1 Å². The number of carboxylic acid groups (broad SMARTS) is 2. The number of carbonyl (C=O) groups is 2. The molecule has 0 aliphatic carbocycles. The lowest BCUT2D eigenvalue weighted by molar-refractivity contribution is -0.133. The molecule has 2 aromatic rings. The lowest BCUT2D eigenvalue weighted by Crippen LogP contribution is -2.19. The third kappa shape index (κ3) is 3.12. The van der Waals surface area contributed by atoms with E-state index in [0.717, 1.165) is 34.1 Å². The Hall–Kier alpha value is -2.26. The van der Waals surface area contributed by atoms with E-state index in [-0.39, 0.29) is 22.3 Å². The van der Waals surface area contributed by atoms with Crippen molar-refractivity contribution < 1.29 is 19.8 Å². The van der Waals surface area contributed by atoms with Crippen molar-refractivity contribution in [3.05, 3.63) is 35.5 Å². The summed E-state index contributed by atoms with van der Waals surface area (Å²) >= 11 is 3.03. The molecule has 0 bridgehead atoms. The first-order valence-corrected chi connectivity index (χ1v) is 10.0. The largest absolute Gasteiger partial charge is 0.478 e. The highest BCUT2D eigenvalue weighted by Gasteiger charge is 2.26. The molecule has 1 aromatic heterocycles. The number of fused-ring (bicyclic) bond motifs is 3. The van der Waals surface area contributed by atoms with Gasteiger partial charge < -0.3 is 14.8 Å². The second kappa shape index (κ2) is 6.81. The van der Waals surface area contributed by atoms with Crippen molar-refractivity contribution >= 4 is 52.2 Å². The number of aryl methyl sites for hydroxylation is 1. The molecule has 0 saturated carbocycles. The van der Waals surface area contributed by atoms with Crippen LogP contribution in [-0.2, 0) is 22.6 Å². The standard InChI is InChI=1S/C17H15N3O4S2/c21-15(22)10-7-18-12(16(23)24)8-26-14(10)6-9-1-2-11-13(5-9)20-3-4-25-17(20)19-11/h1-2,5,7,14H,3-4,6,8H2,(H,21,22)(H,23,24). The molecule has 1 atom stereocenters. The third-order valence-electron chi connectivity index (χ3n) is 4.37. The van der Waals surface area contributed by atoms with Crippen LogP contribution in [0.1, 0.15) is 5.56 Å². The van der Waals surface area contributed by atoms with Crippen LogP contribution in [0.25, 0.3) is 11.0 Å². The Kier molecular flexibility index (Phi) is 4.49. The maximum Gasteiger partial charge on any atom is 0.351 e. The highest BCUT2D eigenvalue weighted by Crippen LogP contribution is 2.32. The van der Waals surface area contributed by atoms with E-state index in [9.17, 15) is 14.7 Å². The van der Waals surface area contributed by atoms with Crippen molar-refractivity contribution in [2.24, 2.45) is 4.99 Å². The second-order valence-corrected chi connectivity index (χ2v) is 8.24. The number of hydrogen-bond acceptors (Lipinski definition) is 6. The first-order chi connectivity index (χ1) is 12.5. The SMILES string of the molecule is O=C(O)C1=CN=C(C(=O)O)CSC1Cc1ccc2nc3n(c2c1)CCS3. The van der Waals surface area contributed by atoms with Gasteiger partial charge in [0.05, 0.1) is 16.6 Å². The van der Waals surface area contributed by atoms with Gasteiger partial charge in [-0.3, -0.25) is 4.99 Å². The Bertz CT molecular complexity index is 980. The number of imidazole rings is 1. The number of thioether (sulfide) groups is 2. The molecule has 7 nitrogen and oxygen atoms in total. The van der Waals surface area contributed by atoms with Crippen molar-refractivity contribution in [2.45, 2.75) is 23.4 Å². The topological polar surface area (TPSA) is 105 Å². The van der Waals surface area contributed by atoms with Crippen molar-refractivity contribution in [2.75, 3.05) is 11.5 Å². The van der Waals surface area contributed by atoms with E-state index < -0.39 is 11.9 Å². The highest BCUT2D eigenvalue weighted by atomic mass is 32.2. The average Bonchev–Trinajstić information content (AvgIpc) is 3.10. The van der Waals surface area contributed by atoms with Gasteiger partial charge in [0.15, 0.2) is 5.16 Å². The molecule has 1 aromatic carbocycles. The Morgan fingerprint density at radius 1 is 1.27 bits per heavy atom. The molecule has 2 N–H and O–H groups in total. The average molecular weight is 389 g/mol. The van der Waals surface area contributed by atoms with Crippen LogP contribution in [0.3, 0.4) is 0 Å². The summed E-state index contributed by atoms with van der Waals surface area (Å²) in [5.41, 5.74) is 3.10. The van der Waals surface area contributed by atoms with E-state index in [1.165, 1.54) is 18.0 Å². The molecular formula is C17H15N3O4S2. The van der Waals surface area contributed by atoms with Gasteiger partial charge in [0.25, 0.3) is 0 Å². The van der Waals surface area contributed by atoms with Crippen molar-refractivity contribution in [3.8, 4) is 0 Å². The molecule has 3 heterocycles. The number of rotatable bonds is 4. The van der Waals surface area contributed by atoms with E-state index >= 15 is 0 Å². The number of carboxylic acids is 2. The van der Waals surface area contributed by atoms with Crippen molar-refractivity contribution in [1.82, 2.24) is 9.55 Å². The van der Waals surface area contributed by atoms with Crippen LogP contribution >= 0.6 is 23.5 Å². The number of aromatic nitrogens is 2. The van der Waals surface area contributed by atoms with E-state index in [2.05, 4.69) is 20.6 Å². The Labute approximate surface area is 157 Å². The number of nitrogens with zero attached hydrogens (tertiary/aromatic N) is 3. The minimum absolute atomic E-state index is 0.0302. The van der Waals surface area contributed by atoms with E-state index in [4.69, 9.17) is 5.11 Å². The first-order valence-electron chi connectivity index (χ1n) is 8.00. The van der Waals surface area contributed by atoms with E-state index in [1.54, 1.807) is 11.8 Å². The predicted molar refractivity (Wildman–Crippen MR) is 101 cm³/mol. The Balaban J connectivity index is 1.62. The predicted octanol–water partition coefficient (Wildman–Crippen LogP) is 2.29. The fourth-order valence-electron chi connectivity index (χ4n) is 3.06. The van der Waals surface area contributed by atoms with Crippen LogP contribution < -0.4 is 0 Å². The van der Waals surface area contributed by atoms with Crippen LogP contribution in [0.5, 0.6) is 0 Å². The van der Waals surface area contributed by atoms with Gasteiger partial charge in [0, 0.05) is 29.5 Å². The maximum absolute atomic E-state index is 11.6. The lowest BCUT2D eigenvalue weighted by atomic mass is 10.0. The zero-order chi connectivity index (χ0) is 18.3. The Morgan fingerprint density at radius 2 is 2.12 bits per heavy atom. The molecule has 4 rings (SSSR count). The summed E-state index contributed by atoms with van der Waals surface area (Å²) < 4.78 is 2.18. The second-order valence-electron chi connectivity index (χ2n) is 5.99. The highest BCUT2D eigenvalue weighted by molar-refractivity contribution is 8.00. The van der Waals surface area contributed by atoms with Crippen LogP contribution in [0.4, 0.5) is 0 Å². The number of aliphatic imine (C=N–C) groups is 1. The minimum atomic E-state index is -1.12. The Morgan fingerprint density at radius 3 is 2.88 bits per heavy atom. The van der Waals surface area contributed by atoms with Gasteiger partial charge >= 0.3 is 11.9 Å². The van der Waals surface area contributed by atoms with Crippen LogP contribution in [0.2, 0.25) is 0 Å². The number of aliphatic carboxylic acids is 2. The molecule has 26 heavy (non-hydrogen) atoms. The summed E-state index contributed by atoms with van der Waals surface area (Å²) in [6, 6.07) is 5.97. The van der Waals surface area contributed by atoms with Gasteiger partial charge in [0.1, 0.15) is 5.71 Å². The van der Waals surface area contributed by atoms with E-state index in [0.29, 0.717) is 6.42 Å². The van der Waals surface area contributed by atoms with Gasteiger partial charge in [-0.25, -0.2) is 14.6 Å². The van der Waals surface area contributed by atoms with Crippen molar-refractivity contribution in [1.29, 1.82) is 0 Å². The van der Waals surface area contributed by atoms with Gasteiger partial charge in [0.2, 0.25) is 0 Å². The van der Waals surface area contributed by atoms with Gasteiger partial charge in [-0.2, -0.15) is 0 Å². The number of hydrogen-bond donors (Lipinski definition) is 2. The molecule has 0 spiro atoms. The summed E-state index contributed by atoms with van der Waals surface area (Å²) in [5, 5.41) is 19.3. The molecule has 134 valence electrons. The summed E-state index contributed by atoms with van der Waals surface area (Å²) in [7, 11) is 0. The monoisotopic (exact) mass is 389 g/mol. The summed E-state index contributed by atoms with van der Waals surface area (Å²) in [6.07, 6.45) is 1.68. The molecule has 1 unspecified atom stereocenters. The fraction of sp³-hybridized carbons (Fsp3) is 0.294. The van der Waals surface area contributed by atoms with Crippen LogP contribution in [0, 0.1) is 0 Å². The molecule has 2 aliphatic heterocycles. The molecule has 0 saturated heterocycles. The van der Waals surface area contributed by atoms with Gasteiger partial charge in [-0.1, -0.05) is 17.8 Å². The quantitative estimate of drug-likeness (QED) is 0.826. The molecule has 0 fully saturated rings. The zero-order valence-corrected chi connectivity index (χ0v) is 15.2. The summed E-state index contributed by atoms with van der Waals surface area (Å²) in [6.45, 7) is 0.925. The smallest absolute Gasteiger partial charge is 0.351 e. The molecule has 9 heteroatoms. The third-order valence-corrected chi connectivity index (χ3v) is 6.59. The molecule has 2 aliphatic rings. The lowest BCUT2D eigenvalue weighted by Gasteiger charge is -2.15. The van der Waals surface area contributed by atoms with E-state index in [1.807, 2.05) is 12.1 Å². The normalized spacial score (nSPS) is 19.6. The zero-order valence-electron chi connectivity index (χ0n) is 13.6. The number of benzene rings is 1. The van der Waals surface area contributed by atoms with Crippen LogP contribution in [-0.4, -0.2) is 54.2 Å². The summed E-state index contributed by atoms with van der Waals surface area (Å²) in [4.78, 5) is 31.2. The molecular weight excluding hydrogens is 374 g/mol. The van der Waals surface area contributed by atoms with Crippen molar-refractivity contribution in [3.63, 3.8) is 0 Å². The summed E-state index contributed by atoms with van der Waals surface area (Å²) in [5.74, 6) is -0.996.